The van der Waals surface area contributed by atoms with E-state index in [9.17, 15) is 8.78 Å². The van der Waals surface area contributed by atoms with Crippen LogP contribution in [0.1, 0.15) is 30.0 Å². The average molecular weight is 281 g/mol. The molecule has 0 aromatic carbocycles. The summed E-state index contributed by atoms with van der Waals surface area (Å²) in [6.07, 6.45) is 3.30. The Balaban J connectivity index is 1.59. The normalized spacial score (nSPS) is 15.0. The Morgan fingerprint density at radius 1 is 1.45 bits per heavy atom. The standard InChI is InChI=1S/C13H17F2N5/c1-19-13(4-11(18-19)10-2-3-10)16-5-9-6-17-20(7-9)8-12(14)15/h4,6-7,10,12,16H,2-3,5,8H2,1H3. The summed E-state index contributed by atoms with van der Waals surface area (Å²) >= 11 is 0. The third kappa shape index (κ3) is 2.97. The topological polar surface area (TPSA) is 47.7 Å². The van der Waals surface area contributed by atoms with E-state index in [-0.39, 0.29) is 6.54 Å². The molecule has 0 unspecified atom stereocenters. The van der Waals surface area contributed by atoms with E-state index in [2.05, 4.69) is 21.6 Å². The third-order valence-electron chi connectivity index (χ3n) is 3.38. The Kier molecular flexibility index (Phi) is 3.42. The molecular weight excluding hydrogens is 264 g/mol. The smallest absolute Gasteiger partial charge is 0.257 e. The lowest BCUT2D eigenvalue weighted by molar-refractivity contribution is 0.122. The molecule has 2 aromatic heterocycles. The van der Waals surface area contributed by atoms with Gasteiger partial charge in [0.2, 0.25) is 0 Å². The molecule has 1 aliphatic rings. The van der Waals surface area contributed by atoms with E-state index in [4.69, 9.17) is 0 Å². The minimum atomic E-state index is -2.38. The van der Waals surface area contributed by atoms with Gasteiger partial charge in [0.1, 0.15) is 12.4 Å². The Hall–Kier alpha value is -1.92. The number of rotatable bonds is 6. The summed E-state index contributed by atoms with van der Waals surface area (Å²) in [5, 5.41) is 11.6. The van der Waals surface area contributed by atoms with E-state index in [1.54, 1.807) is 12.4 Å². The highest BCUT2D eigenvalue weighted by molar-refractivity contribution is 5.39. The number of halogens is 2. The second-order valence-corrected chi connectivity index (χ2v) is 5.17. The SMILES string of the molecule is Cn1nc(C2CC2)cc1NCc1cnn(CC(F)F)c1. The van der Waals surface area contributed by atoms with E-state index in [0.29, 0.717) is 12.5 Å². The van der Waals surface area contributed by atoms with Gasteiger partial charge in [0.05, 0.1) is 11.9 Å². The van der Waals surface area contributed by atoms with E-state index in [1.165, 1.54) is 17.5 Å². The van der Waals surface area contributed by atoms with E-state index in [0.717, 1.165) is 17.1 Å². The molecule has 1 aliphatic carbocycles. The van der Waals surface area contributed by atoms with Crippen molar-refractivity contribution in [2.75, 3.05) is 5.32 Å². The zero-order valence-corrected chi connectivity index (χ0v) is 11.3. The Morgan fingerprint density at radius 2 is 2.25 bits per heavy atom. The summed E-state index contributed by atoms with van der Waals surface area (Å²) in [5.41, 5.74) is 2.00. The lowest BCUT2D eigenvalue weighted by atomic mass is 10.3. The van der Waals surface area contributed by atoms with Gasteiger partial charge in [0.25, 0.3) is 6.43 Å². The van der Waals surface area contributed by atoms with Gasteiger partial charge in [-0.1, -0.05) is 0 Å². The van der Waals surface area contributed by atoms with Gasteiger partial charge in [-0.05, 0) is 12.8 Å². The van der Waals surface area contributed by atoms with Crippen molar-refractivity contribution in [3.63, 3.8) is 0 Å². The number of anilines is 1. The number of nitrogens with one attached hydrogen (secondary N) is 1. The van der Waals surface area contributed by atoms with E-state index >= 15 is 0 Å². The molecule has 7 heteroatoms. The molecule has 2 heterocycles. The molecule has 108 valence electrons. The lowest BCUT2D eigenvalue weighted by Crippen LogP contribution is -2.07. The highest BCUT2D eigenvalue weighted by Gasteiger charge is 2.26. The number of nitrogens with zero attached hydrogens (tertiary/aromatic N) is 4. The summed E-state index contributed by atoms with van der Waals surface area (Å²) in [4.78, 5) is 0. The van der Waals surface area contributed by atoms with Crippen LogP contribution in [0.2, 0.25) is 0 Å². The second kappa shape index (κ2) is 5.22. The van der Waals surface area contributed by atoms with E-state index in [1.807, 2.05) is 11.7 Å². The largest absolute Gasteiger partial charge is 0.366 e. The molecule has 20 heavy (non-hydrogen) atoms. The van der Waals surface area contributed by atoms with Gasteiger partial charge in [-0.3, -0.25) is 9.36 Å². The van der Waals surface area contributed by atoms with Crippen LogP contribution >= 0.6 is 0 Å². The average Bonchev–Trinajstić information content (AvgIpc) is 3.04. The maximum atomic E-state index is 12.2. The molecule has 0 aliphatic heterocycles. The van der Waals surface area contributed by atoms with Gasteiger partial charge in [-0.2, -0.15) is 10.2 Å². The van der Waals surface area contributed by atoms with Crippen molar-refractivity contribution in [2.24, 2.45) is 7.05 Å². The van der Waals surface area contributed by atoms with Gasteiger partial charge >= 0.3 is 0 Å². The number of hydrogen-bond acceptors (Lipinski definition) is 3. The predicted octanol–water partition coefficient (Wildman–Crippen LogP) is 2.37. The van der Waals surface area contributed by atoms with Crippen LogP contribution < -0.4 is 5.32 Å². The fourth-order valence-corrected chi connectivity index (χ4v) is 2.17. The van der Waals surface area contributed by atoms with Crippen LogP contribution in [-0.4, -0.2) is 26.0 Å². The number of hydrogen-bond donors (Lipinski definition) is 1. The summed E-state index contributed by atoms with van der Waals surface area (Å²) < 4.78 is 27.5. The highest BCUT2D eigenvalue weighted by Crippen LogP contribution is 2.39. The van der Waals surface area contributed by atoms with Crippen LogP contribution in [-0.2, 0) is 20.1 Å². The lowest BCUT2D eigenvalue weighted by Gasteiger charge is -2.04. The number of aromatic nitrogens is 4. The van der Waals surface area contributed by atoms with Gasteiger partial charge < -0.3 is 5.32 Å². The van der Waals surface area contributed by atoms with Crippen molar-refractivity contribution in [1.29, 1.82) is 0 Å². The summed E-state index contributed by atoms with van der Waals surface area (Å²) in [7, 11) is 1.90. The first-order valence-electron chi connectivity index (χ1n) is 6.69. The summed E-state index contributed by atoms with van der Waals surface area (Å²) in [6, 6.07) is 2.06. The molecule has 3 rings (SSSR count). The fraction of sp³-hybridized carbons (Fsp3) is 0.538. The molecule has 0 atom stereocenters. The minimum Gasteiger partial charge on any atom is -0.366 e. The quantitative estimate of drug-likeness (QED) is 0.884. The fourth-order valence-electron chi connectivity index (χ4n) is 2.17. The highest BCUT2D eigenvalue weighted by atomic mass is 19.3. The maximum Gasteiger partial charge on any atom is 0.257 e. The number of aryl methyl sites for hydroxylation is 1. The molecule has 5 nitrogen and oxygen atoms in total. The molecule has 1 fully saturated rings. The predicted molar refractivity (Wildman–Crippen MR) is 70.7 cm³/mol. The van der Waals surface area contributed by atoms with Gasteiger partial charge in [-0.25, -0.2) is 8.78 Å². The summed E-state index contributed by atoms with van der Waals surface area (Å²) in [5.74, 6) is 1.55. The van der Waals surface area contributed by atoms with Crippen LogP contribution in [0.15, 0.2) is 18.5 Å². The second-order valence-electron chi connectivity index (χ2n) is 5.17. The zero-order valence-electron chi connectivity index (χ0n) is 11.3. The Labute approximate surface area is 115 Å². The molecule has 0 radical (unpaired) electrons. The molecular formula is C13H17F2N5. The van der Waals surface area contributed by atoms with Crippen LogP contribution in [0.25, 0.3) is 0 Å². The Morgan fingerprint density at radius 3 is 2.95 bits per heavy atom. The van der Waals surface area contributed by atoms with E-state index < -0.39 is 6.43 Å². The van der Waals surface area contributed by atoms with Crippen LogP contribution in [0.3, 0.4) is 0 Å². The van der Waals surface area contributed by atoms with Crippen molar-refractivity contribution in [1.82, 2.24) is 19.6 Å². The van der Waals surface area contributed by atoms with Crippen LogP contribution in [0, 0.1) is 0 Å². The van der Waals surface area contributed by atoms with Gasteiger partial charge in [0.15, 0.2) is 0 Å². The van der Waals surface area contributed by atoms with Crippen molar-refractivity contribution >= 4 is 5.82 Å². The molecule has 1 saturated carbocycles. The van der Waals surface area contributed by atoms with Crippen LogP contribution in [0.5, 0.6) is 0 Å². The molecule has 0 bridgehead atoms. The van der Waals surface area contributed by atoms with Crippen molar-refractivity contribution in [2.45, 2.75) is 38.3 Å². The van der Waals surface area contributed by atoms with Gasteiger partial charge in [-0.15, -0.1) is 0 Å². The Bertz CT molecular complexity index is 585. The molecule has 1 N–H and O–H groups in total. The number of alkyl halides is 2. The zero-order chi connectivity index (χ0) is 14.1. The van der Waals surface area contributed by atoms with Crippen molar-refractivity contribution in [3.8, 4) is 0 Å². The monoisotopic (exact) mass is 281 g/mol. The minimum absolute atomic E-state index is 0.364. The molecule has 0 spiro atoms. The first kappa shape index (κ1) is 13.1. The van der Waals surface area contributed by atoms with Crippen LogP contribution in [0.4, 0.5) is 14.6 Å². The molecule has 2 aromatic rings. The maximum absolute atomic E-state index is 12.2. The third-order valence-corrected chi connectivity index (χ3v) is 3.38. The van der Waals surface area contributed by atoms with Gasteiger partial charge in [0, 0.05) is 37.3 Å². The first-order chi connectivity index (χ1) is 9.61. The first-order valence-corrected chi connectivity index (χ1v) is 6.69. The molecule has 0 amide bonds. The summed E-state index contributed by atoms with van der Waals surface area (Å²) in [6.45, 7) is 0.185. The van der Waals surface area contributed by atoms with Crippen molar-refractivity contribution < 1.29 is 8.78 Å². The van der Waals surface area contributed by atoms with Crippen molar-refractivity contribution in [3.05, 3.63) is 29.7 Å². The molecule has 0 saturated heterocycles.